The highest BCUT2D eigenvalue weighted by Crippen LogP contribution is 2.06. The fourth-order valence-corrected chi connectivity index (χ4v) is 1.53. The molecule has 7 heteroatoms. The van der Waals surface area contributed by atoms with E-state index in [1.54, 1.807) is 0 Å². The Kier molecular flexibility index (Phi) is 6.89. The van der Waals surface area contributed by atoms with Gasteiger partial charge in [-0.2, -0.15) is 0 Å². The summed E-state index contributed by atoms with van der Waals surface area (Å²) in [6.45, 7) is 7.98. The Hall–Kier alpha value is -1.79. The van der Waals surface area contributed by atoms with Crippen molar-refractivity contribution in [3.05, 3.63) is 0 Å². The molecule has 0 aromatic rings. The Morgan fingerprint density at radius 2 is 1.63 bits per heavy atom. The second-order valence-corrected chi connectivity index (χ2v) is 5.08. The predicted molar refractivity (Wildman–Crippen MR) is 68.9 cm³/mol. The zero-order chi connectivity index (χ0) is 15.2. The second-order valence-electron chi connectivity index (χ2n) is 5.08. The average Bonchev–Trinajstić information content (AvgIpc) is 2.23. The van der Waals surface area contributed by atoms with Crippen LogP contribution in [0.25, 0.3) is 0 Å². The topological polar surface area (TPSA) is 107 Å². The van der Waals surface area contributed by atoms with Crippen LogP contribution >= 0.6 is 0 Å². The fraction of sp³-hybridized carbons (Fsp3) is 0.750. The number of carboxylic acids is 2. The largest absolute Gasteiger partial charge is 0.481 e. The Balaban J connectivity index is 4.75. The summed E-state index contributed by atoms with van der Waals surface area (Å²) in [4.78, 5) is 34.9. The molecule has 0 bridgehead atoms. The van der Waals surface area contributed by atoms with Gasteiger partial charge in [0.2, 0.25) is 0 Å². The number of hydrogen-bond acceptors (Lipinski definition) is 3. The van der Waals surface area contributed by atoms with Crippen LogP contribution in [0.4, 0.5) is 4.79 Å². The maximum atomic E-state index is 12.0. The van der Waals surface area contributed by atoms with E-state index in [0.717, 1.165) is 0 Å². The van der Waals surface area contributed by atoms with Crippen LogP contribution in [-0.4, -0.2) is 51.7 Å². The van der Waals surface area contributed by atoms with Crippen LogP contribution in [0.5, 0.6) is 0 Å². The van der Waals surface area contributed by atoms with Gasteiger partial charge in [0.15, 0.2) is 0 Å². The third-order valence-corrected chi connectivity index (χ3v) is 2.42. The molecule has 0 unspecified atom stereocenters. The van der Waals surface area contributed by atoms with Gasteiger partial charge >= 0.3 is 18.0 Å². The number of hydrogen-bond donors (Lipinski definition) is 3. The van der Waals surface area contributed by atoms with Crippen molar-refractivity contribution < 1.29 is 24.6 Å². The summed E-state index contributed by atoms with van der Waals surface area (Å²) in [5.74, 6) is -2.40. The highest BCUT2D eigenvalue weighted by Gasteiger charge is 2.26. The zero-order valence-corrected chi connectivity index (χ0v) is 11.7. The lowest BCUT2D eigenvalue weighted by atomic mass is 10.2. The van der Waals surface area contributed by atoms with Crippen molar-refractivity contribution in [2.45, 2.75) is 46.2 Å². The fourth-order valence-electron chi connectivity index (χ4n) is 1.53. The van der Waals surface area contributed by atoms with Crippen molar-refractivity contribution in [3.63, 3.8) is 0 Å². The van der Waals surface area contributed by atoms with Gasteiger partial charge < -0.3 is 20.4 Å². The van der Waals surface area contributed by atoms with Crippen molar-refractivity contribution in [3.8, 4) is 0 Å². The van der Waals surface area contributed by atoms with Crippen LogP contribution in [0.15, 0.2) is 0 Å². The zero-order valence-electron chi connectivity index (χ0n) is 11.7. The number of amides is 2. The number of nitrogens with zero attached hydrogens (tertiary/aromatic N) is 1. The minimum atomic E-state index is -1.42. The molecular weight excluding hydrogens is 252 g/mol. The maximum absolute atomic E-state index is 12.0. The van der Waals surface area contributed by atoms with Crippen molar-refractivity contribution in [2.24, 2.45) is 5.92 Å². The summed E-state index contributed by atoms with van der Waals surface area (Å²) in [5, 5.41) is 19.7. The van der Waals surface area contributed by atoms with Crippen molar-refractivity contribution in [1.29, 1.82) is 0 Å². The molecule has 0 spiro atoms. The molecule has 0 aromatic heterocycles. The molecule has 110 valence electrons. The maximum Gasteiger partial charge on any atom is 0.326 e. The van der Waals surface area contributed by atoms with E-state index in [4.69, 9.17) is 10.2 Å². The first-order valence-corrected chi connectivity index (χ1v) is 6.16. The summed E-state index contributed by atoms with van der Waals surface area (Å²) < 4.78 is 0. The van der Waals surface area contributed by atoms with Gasteiger partial charge in [0.1, 0.15) is 6.04 Å². The number of nitrogens with one attached hydrogen (secondary N) is 1. The number of aliphatic carboxylic acids is 2. The van der Waals surface area contributed by atoms with Gasteiger partial charge in [-0.15, -0.1) is 0 Å². The molecule has 0 saturated heterocycles. The summed E-state index contributed by atoms with van der Waals surface area (Å²) >= 11 is 0. The molecule has 0 aliphatic carbocycles. The first-order valence-electron chi connectivity index (χ1n) is 6.16. The van der Waals surface area contributed by atoms with E-state index >= 15 is 0 Å². The summed E-state index contributed by atoms with van der Waals surface area (Å²) in [7, 11) is 0. The molecule has 0 aliphatic rings. The van der Waals surface area contributed by atoms with Crippen LogP contribution in [0.2, 0.25) is 0 Å². The minimum absolute atomic E-state index is 0.0957. The SMILES string of the molecule is CC(C)CN(C(=O)N[C@@H](CC(=O)O)C(=O)O)C(C)C. The lowest BCUT2D eigenvalue weighted by Gasteiger charge is -2.29. The average molecular weight is 274 g/mol. The highest BCUT2D eigenvalue weighted by molar-refractivity contribution is 5.86. The second kappa shape index (κ2) is 7.60. The summed E-state index contributed by atoms with van der Waals surface area (Å²) in [5.41, 5.74) is 0. The number of urea groups is 1. The predicted octanol–water partition coefficient (Wildman–Crippen LogP) is 0.990. The lowest BCUT2D eigenvalue weighted by Crippen LogP contribution is -2.51. The van der Waals surface area contributed by atoms with Gasteiger partial charge in [-0.25, -0.2) is 9.59 Å². The molecule has 0 heterocycles. The molecule has 0 radical (unpaired) electrons. The van der Waals surface area contributed by atoms with Gasteiger partial charge in [-0.05, 0) is 19.8 Å². The Labute approximate surface area is 112 Å². The van der Waals surface area contributed by atoms with Crippen LogP contribution in [0.3, 0.4) is 0 Å². The van der Waals surface area contributed by atoms with Crippen LogP contribution < -0.4 is 5.32 Å². The van der Waals surface area contributed by atoms with Crippen LogP contribution in [0.1, 0.15) is 34.1 Å². The first kappa shape index (κ1) is 17.2. The molecular formula is C12H22N2O5. The number of rotatable bonds is 7. The number of carbonyl (C=O) groups excluding carboxylic acids is 1. The molecule has 0 rings (SSSR count). The molecule has 0 aromatic carbocycles. The normalized spacial score (nSPS) is 12.3. The van der Waals surface area contributed by atoms with E-state index in [9.17, 15) is 14.4 Å². The third kappa shape index (κ3) is 6.64. The van der Waals surface area contributed by atoms with Gasteiger partial charge in [-0.3, -0.25) is 4.79 Å². The molecule has 19 heavy (non-hydrogen) atoms. The lowest BCUT2D eigenvalue weighted by molar-refractivity contribution is -0.145. The van der Waals surface area contributed by atoms with E-state index in [1.165, 1.54) is 4.90 Å². The quantitative estimate of drug-likeness (QED) is 0.641. The third-order valence-electron chi connectivity index (χ3n) is 2.42. The molecule has 2 amide bonds. The van der Waals surface area contributed by atoms with Gasteiger partial charge in [0, 0.05) is 12.6 Å². The van der Waals surface area contributed by atoms with Crippen LogP contribution in [0, 0.1) is 5.92 Å². The number of carboxylic acid groups (broad SMARTS) is 2. The molecule has 0 saturated carbocycles. The summed E-state index contributed by atoms with van der Waals surface area (Å²) in [6.07, 6.45) is -0.644. The molecule has 0 aliphatic heterocycles. The standard InChI is InChI=1S/C12H22N2O5/c1-7(2)6-14(8(3)4)12(19)13-9(11(17)18)5-10(15)16/h7-9H,5-6H2,1-4H3,(H,13,19)(H,15,16)(H,17,18)/t9-/m0/s1. The van der Waals surface area contributed by atoms with E-state index < -0.39 is 30.4 Å². The van der Waals surface area contributed by atoms with Gasteiger partial charge in [0.05, 0.1) is 6.42 Å². The van der Waals surface area contributed by atoms with Crippen molar-refractivity contribution in [1.82, 2.24) is 10.2 Å². The van der Waals surface area contributed by atoms with E-state index in [1.807, 2.05) is 27.7 Å². The highest BCUT2D eigenvalue weighted by atomic mass is 16.4. The molecule has 3 N–H and O–H groups in total. The van der Waals surface area contributed by atoms with Crippen molar-refractivity contribution in [2.75, 3.05) is 6.54 Å². The van der Waals surface area contributed by atoms with E-state index in [2.05, 4.69) is 5.32 Å². The number of carbonyl (C=O) groups is 3. The molecule has 1 atom stereocenters. The Morgan fingerprint density at radius 3 is 1.95 bits per heavy atom. The van der Waals surface area contributed by atoms with Crippen LogP contribution in [-0.2, 0) is 9.59 Å². The summed E-state index contributed by atoms with van der Waals surface area (Å²) in [6, 6.07) is -2.07. The minimum Gasteiger partial charge on any atom is -0.481 e. The smallest absolute Gasteiger partial charge is 0.326 e. The van der Waals surface area contributed by atoms with Gasteiger partial charge in [0.25, 0.3) is 0 Å². The molecule has 7 nitrogen and oxygen atoms in total. The Bertz CT molecular complexity index is 341. The Morgan fingerprint density at radius 1 is 1.11 bits per heavy atom. The first-order chi connectivity index (χ1) is 8.65. The van der Waals surface area contributed by atoms with Gasteiger partial charge in [-0.1, -0.05) is 13.8 Å². The van der Waals surface area contributed by atoms with E-state index in [0.29, 0.717) is 6.54 Å². The van der Waals surface area contributed by atoms with E-state index in [-0.39, 0.29) is 12.0 Å². The monoisotopic (exact) mass is 274 g/mol. The van der Waals surface area contributed by atoms with Crippen molar-refractivity contribution >= 4 is 18.0 Å². The molecule has 0 fully saturated rings.